The van der Waals surface area contributed by atoms with Crippen LogP contribution in [0.5, 0.6) is 11.5 Å². The van der Waals surface area contributed by atoms with E-state index in [2.05, 4.69) is 15.3 Å². The van der Waals surface area contributed by atoms with Crippen LogP contribution in [0.2, 0.25) is 0 Å². The second kappa shape index (κ2) is 5.13. The van der Waals surface area contributed by atoms with E-state index in [0.717, 1.165) is 0 Å². The fourth-order valence-corrected chi connectivity index (χ4v) is 1.39. The minimum absolute atomic E-state index is 0.149. The number of hydrogen-bond donors (Lipinski definition) is 2. The number of methoxy groups -OCH3 is 1. The van der Waals surface area contributed by atoms with Gasteiger partial charge in [0.1, 0.15) is 17.8 Å². The van der Waals surface area contributed by atoms with E-state index in [1.54, 1.807) is 6.07 Å². The molecule has 18 heavy (non-hydrogen) atoms. The largest absolute Gasteiger partial charge is 0.507 e. The van der Waals surface area contributed by atoms with Crippen LogP contribution < -0.4 is 10.1 Å². The maximum atomic E-state index is 11.9. The molecule has 1 aromatic carbocycles. The topological polar surface area (TPSA) is 84.3 Å². The zero-order valence-corrected chi connectivity index (χ0v) is 9.62. The lowest BCUT2D eigenvalue weighted by molar-refractivity contribution is 0.102. The molecule has 2 N–H and O–H groups in total. The van der Waals surface area contributed by atoms with Gasteiger partial charge in [0.2, 0.25) is 0 Å². The number of carbonyl (C=O) groups is 1. The highest BCUT2D eigenvalue weighted by Gasteiger charge is 2.12. The van der Waals surface area contributed by atoms with Gasteiger partial charge in [-0.1, -0.05) is 0 Å². The Bertz CT molecular complexity index is 558. The molecule has 0 atom stereocenters. The summed E-state index contributed by atoms with van der Waals surface area (Å²) in [4.78, 5) is 19.4. The first kappa shape index (κ1) is 11.8. The van der Waals surface area contributed by atoms with E-state index in [1.807, 2.05) is 0 Å². The van der Waals surface area contributed by atoms with Crippen molar-refractivity contribution in [3.63, 3.8) is 0 Å². The monoisotopic (exact) mass is 245 g/mol. The number of phenolic OH excluding ortho intramolecular Hbond substituents is 1. The zero-order valence-electron chi connectivity index (χ0n) is 9.62. The van der Waals surface area contributed by atoms with Crippen molar-refractivity contribution in [2.75, 3.05) is 12.4 Å². The maximum absolute atomic E-state index is 11.9. The van der Waals surface area contributed by atoms with E-state index in [1.165, 1.54) is 38.0 Å². The number of ether oxygens (including phenoxy) is 1. The standard InChI is InChI=1S/C12H11N3O3/c1-18-9-2-3-10(11(16)4-9)12(17)15-8-5-13-7-14-6-8/h2-7,16H,1H3,(H,15,17). The van der Waals surface area contributed by atoms with Gasteiger partial charge in [-0.3, -0.25) is 4.79 Å². The minimum Gasteiger partial charge on any atom is -0.507 e. The number of carbonyl (C=O) groups excluding carboxylic acids is 1. The van der Waals surface area contributed by atoms with Crippen molar-refractivity contribution in [1.29, 1.82) is 0 Å². The van der Waals surface area contributed by atoms with Gasteiger partial charge in [-0.05, 0) is 12.1 Å². The normalized spacial score (nSPS) is 9.83. The minimum atomic E-state index is -0.440. The van der Waals surface area contributed by atoms with Crippen molar-refractivity contribution >= 4 is 11.6 Å². The summed E-state index contributed by atoms with van der Waals surface area (Å²) in [5.74, 6) is -0.110. The quantitative estimate of drug-likeness (QED) is 0.854. The van der Waals surface area contributed by atoms with Gasteiger partial charge in [-0.15, -0.1) is 0 Å². The molecule has 0 fully saturated rings. The number of anilines is 1. The van der Waals surface area contributed by atoms with Crippen LogP contribution in [0, 0.1) is 0 Å². The predicted molar refractivity (Wildman–Crippen MR) is 64.6 cm³/mol. The van der Waals surface area contributed by atoms with Crippen molar-refractivity contribution in [2.24, 2.45) is 0 Å². The van der Waals surface area contributed by atoms with Gasteiger partial charge in [0.25, 0.3) is 5.91 Å². The summed E-state index contributed by atoms with van der Waals surface area (Å²) in [6.45, 7) is 0. The van der Waals surface area contributed by atoms with Crippen LogP contribution in [-0.4, -0.2) is 28.1 Å². The highest BCUT2D eigenvalue weighted by Crippen LogP contribution is 2.23. The van der Waals surface area contributed by atoms with E-state index in [-0.39, 0.29) is 11.3 Å². The van der Waals surface area contributed by atoms with Gasteiger partial charge < -0.3 is 15.2 Å². The molecular formula is C12H11N3O3. The summed E-state index contributed by atoms with van der Waals surface area (Å²) in [7, 11) is 1.48. The molecule has 0 bridgehead atoms. The summed E-state index contributed by atoms with van der Waals surface area (Å²) >= 11 is 0. The highest BCUT2D eigenvalue weighted by atomic mass is 16.5. The first-order valence-electron chi connectivity index (χ1n) is 5.14. The van der Waals surface area contributed by atoms with Crippen LogP contribution in [0.25, 0.3) is 0 Å². The van der Waals surface area contributed by atoms with Crippen LogP contribution in [-0.2, 0) is 0 Å². The average Bonchev–Trinajstić information content (AvgIpc) is 2.39. The van der Waals surface area contributed by atoms with Crippen LogP contribution >= 0.6 is 0 Å². The Morgan fingerprint density at radius 3 is 2.67 bits per heavy atom. The van der Waals surface area contributed by atoms with Crippen molar-refractivity contribution in [3.05, 3.63) is 42.5 Å². The zero-order chi connectivity index (χ0) is 13.0. The number of benzene rings is 1. The Morgan fingerprint density at radius 2 is 2.06 bits per heavy atom. The number of hydrogen-bond acceptors (Lipinski definition) is 5. The highest BCUT2D eigenvalue weighted by molar-refractivity contribution is 6.06. The molecule has 0 aliphatic heterocycles. The van der Waals surface area contributed by atoms with Gasteiger partial charge in [0.15, 0.2) is 0 Å². The van der Waals surface area contributed by atoms with Crippen molar-refractivity contribution in [2.45, 2.75) is 0 Å². The van der Waals surface area contributed by atoms with Gasteiger partial charge in [-0.25, -0.2) is 9.97 Å². The van der Waals surface area contributed by atoms with Gasteiger partial charge in [-0.2, -0.15) is 0 Å². The van der Waals surface area contributed by atoms with Crippen LogP contribution in [0.4, 0.5) is 5.69 Å². The maximum Gasteiger partial charge on any atom is 0.259 e. The Kier molecular flexibility index (Phi) is 3.38. The van der Waals surface area contributed by atoms with Crippen LogP contribution in [0.1, 0.15) is 10.4 Å². The molecule has 1 amide bonds. The molecule has 0 saturated heterocycles. The molecule has 0 radical (unpaired) electrons. The number of phenols is 1. The van der Waals surface area contributed by atoms with Crippen molar-refractivity contribution in [3.8, 4) is 11.5 Å². The van der Waals surface area contributed by atoms with E-state index >= 15 is 0 Å². The molecular weight excluding hydrogens is 234 g/mol. The average molecular weight is 245 g/mol. The van der Waals surface area contributed by atoms with Crippen molar-refractivity contribution < 1.29 is 14.6 Å². The molecule has 6 nitrogen and oxygen atoms in total. The second-order valence-electron chi connectivity index (χ2n) is 3.46. The number of aromatic hydroxyl groups is 1. The Hall–Kier alpha value is -2.63. The van der Waals surface area contributed by atoms with Gasteiger partial charge >= 0.3 is 0 Å². The summed E-state index contributed by atoms with van der Waals surface area (Å²) in [6, 6.07) is 4.44. The molecule has 1 aromatic heterocycles. The molecule has 6 heteroatoms. The van der Waals surface area contributed by atoms with Crippen LogP contribution in [0.15, 0.2) is 36.9 Å². The fourth-order valence-electron chi connectivity index (χ4n) is 1.39. The summed E-state index contributed by atoms with van der Waals surface area (Å²) < 4.78 is 4.94. The summed E-state index contributed by atoms with van der Waals surface area (Å²) in [5, 5.41) is 12.3. The first-order valence-corrected chi connectivity index (χ1v) is 5.14. The lowest BCUT2D eigenvalue weighted by Gasteiger charge is -2.07. The number of amides is 1. The molecule has 1 heterocycles. The Morgan fingerprint density at radius 1 is 1.33 bits per heavy atom. The molecule has 2 rings (SSSR count). The van der Waals surface area contributed by atoms with E-state index in [4.69, 9.17) is 4.74 Å². The Balaban J connectivity index is 2.19. The SMILES string of the molecule is COc1ccc(C(=O)Nc2cncnc2)c(O)c1. The van der Waals surface area contributed by atoms with E-state index in [0.29, 0.717) is 11.4 Å². The number of nitrogens with zero attached hydrogens (tertiary/aromatic N) is 2. The predicted octanol–water partition coefficient (Wildman–Crippen LogP) is 1.44. The number of aromatic nitrogens is 2. The second-order valence-corrected chi connectivity index (χ2v) is 3.46. The lowest BCUT2D eigenvalue weighted by atomic mass is 10.2. The third kappa shape index (κ3) is 2.54. The third-order valence-corrected chi connectivity index (χ3v) is 2.27. The summed E-state index contributed by atoms with van der Waals surface area (Å²) in [6.07, 6.45) is 4.29. The molecule has 92 valence electrons. The van der Waals surface area contributed by atoms with Gasteiger partial charge in [0, 0.05) is 6.07 Å². The molecule has 0 aliphatic carbocycles. The van der Waals surface area contributed by atoms with E-state index in [9.17, 15) is 9.90 Å². The van der Waals surface area contributed by atoms with Crippen LogP contribution in [0.3, 0.4) is 0 Å². The number of nitrogens with one attached hydrogen (secondary N) is 1. The first-order chi connectivity index (χ1) is 8.70. The smallest absolute Gasteiger partial charge is 0.259 e. The Labute approximate surface area is 103 Å². The molecule has 0 spiro atoms. The summed E-state index contributed by atoms with van der Waals surface area (Å²) in [5.41, 5.74) is 0.609. The molecule has 0 aliphatic rings. The third-order valence-electron chi connectivity index (χ3n) is 2.27. The lowest BCUT2D eigenvalue weighted by Crippen LogP contribution is -2.12. The molecule has 2 aromatic rings. The van der Waals surface area contributed by atoms with E-state index < -0.39 is 5.91 Å². The van der Waals surface area contributed by atoms with Crippen molar-refractivity contribution in [1.82, 2.24) is 9.97 Å². The number of rotatable bonds is 3. The molecule has 0 unspecified atom stereocenters. The molecule has 0 saturated carbocycles. The van der Waals surface area contributed by atoms with Gasteiger partial charge in [0.05, 0.1) is 30.8 Å². The fraction of sp³-hybridized carbons (Fsp3) is 0.0833.